The number of thioether (sulfide) groups is 1. The summed E-state index contributed by atoms with van der Waals surface area (Å²) in [6.07, 6.45) is 5.51. The van der Waals surface area contributed by atoms with Gasteiger partial charge in [-0.05, 0) is 51.7 Å². The number of nitrogens with one attached hydrogen (secondary N) is 1. The van der Waals surface area contributed by atoms with Gasteiger partial charge in [-0.2, -0.15) is 11.8 Å². The molecule has 21 heavy (non-hydrogen) atoms. The van der Waals surface area contributed by atoms with Gasteiger partial charge in [0.25, 0.3) is 0 Å². The first-order valence-corrected chi connectivity index (χ1v) is 9.32. The fourth-order valence-corrected chi connectivity index (χ4v) is 3.14. The zero-order valence-electron chi connectivity index (χ0n) is 13.6. The number of rotatable bonds is 9. The third-order valence-corrected chi connectivity index (χ3v) is 4.31. The van der Waals surface area contributed by atoms with E-state index in [0.717, 1.165) is 51.2 Å². The van der Waals surface area contributed by atoms with Gasteiger partial charge in [-0.15, -0.1) is 0 Å². The minimum atomic E-state index is -0.363. The average Bonchev–Trinajstić information content (AvgIpc) is 2.43. The number of hydrogen-bond acceptors (Lipinski definition) is 5. The number of nitrogens with two attached hydrogens (primary N) is 1. The number of carbonyl (C=O) groups is 1. The predicted molar refractivity (Wildman–Crippen MR) is 89.7 cm³/mol. The molecule has 1 aliphatic heterocycles. The lowest BCUT2D eigenvalue weighted by atomic mass is 10.2. The maximum atomic E-state index is 11.7. The van der Waals surface area contributed by atoms with Crippen molar-refractivity contribution in [1.29, 1.82) is 0 Å². The second kappa shape index (κ2) is 10.4. The highest BCUT2D eigenvalue weighted by molar-refractivity contribution is 7.98. The highest BCUT2D eigenvalue weighted by atomic mass is 32.2. The van der Waals surface area contributed by atoms with Gasteiger partial charge in [-0.25, -0.2) is 0 Å². The Labute approximate surface area is 133 Å². The first kappa shape index (κ1) is 18.7. The second-order valence-electron chi connectivity index (χ2n) is 5.90. The minimum Gasteiger partial charge on any atom is -0.373 e. The molecule has 0 aromatic carbocycles. The molecule has 1 saturated heterocycles. The fourth-order valence-electron chi connectivity index (χ4n) is 2.65. The largest absolute Gasteiger partial charge is 0.373 e. The summed E-state index contributed by atoms with van der Waals surface area (Å²) in [6, 6.07) is -0.363. The molecule has 0 aliphatic carbocycles. The number of amides is 1. The highest BCUT2D eigenvalue weighted by Crippen LogP contribution is 2.11. The van der Waals surface area contributed by atoms with Crippen molar-refractivity contribution >= 4 is 17.7 Å². The van der Waals surface area contributed by atoms with E-state index < -0.39 is 0 Å². The molecule has 2 unspecified atom stereocenters. The van der Waals surface area contributed by atoms with Gasteiger partial charge < -0.3 is 15.8 Å². The zero-order chi connectivity index (χ0) is 15.7. The van der Waals surface area contributed by atoms with Gasteiger partial charge in [0.2, 0.25) is 5.91 Å². The fraction of sp³-hybridized carbons (Fsp3) is 0.933. The van der Waals surface area contributed by atoms with Crippen LogP contribution in [0.1, 0.15) is 33.1 Å². The Morgan fingerprint density at radius 2 is 2.05 bits per heavy atom. The molecule has 1 heterocycles. The van der Waals surface area contributed by atoms with Crippen molar-refractivity contribution in [3.8, 4) is 0 Å². The summed E-state index contributed by atoms with van der Waals surface area (Å²) >= 11 is 1.72. The maximum Gasteiger partial charge on any atom is 0.236 e. The summed E-state index contributed by atoms with van der Waals surface area (Å²) in [4.78, 5) is 14.2. The summed E-state index contributed by atoms with van der Waals surface area (Å²) in [7, 11) is 0. The van der Waals surface area contributed by atoms with Crippen LogP contribution in [0.3, 0.4) is 0 Å². The van der Waals surface area contributed by atoms with Crippen LogP contribution >= 0.6 is 11.8 Å². The molecule has 3 atom stereocenters. The number of carbonyl (C=O) groups excluding carboxylic acids is 1. The van der Waals surface area contributed by atoms with Crippen LogP contribution in [0.25, 0.3) is 0 Å². The molecule has 124 valence electrons. The summed E-state index contributed by atoms with van der Waals surface area (Å²) < 4.78 is 5.72. The van der Waals surface area contributed by atoms with Gasteiger partial charge >= 0.3 is 0 Å². The van der Waals surface area contributed by atoms with Crippen molar-refractivity contribution in [2.24, 2.45) is 5.73 Å². The van der Waals surface area contributed by atoms with Crippen LogP contribution in [0.4, 0.5) is 0 Å². The summed E-state index contributed by atoms with van der Waals surface area (Å²) in [6.45, 7) is 8.07. The Kier molecular flexibility index (Phi) is 9.31. The van der Waals surface area contributed by atoms with E-state index in [1.807, 2.05) is 6.26 Å². The standard InChI is InChI=1S/C15H31N3O2S/c1-12-10-18(11-13(2)20-12)8-5-4-7-17-15(19)14(16)6-9-21-3/h12-14H,4-11,16H2,1-3H3,(H,17,19)/t12?,13?,14-/m0/s1. The van der Waals surface area contributed by atoms with E-state index in [9.17, 15) is 4.79 Å². The minimum absolute atomic E-state index is 0.0160. The van der Waals surface area contributed by atoms with Gasteiger partial charge in [-0.3, -0.25) is 9.69 Å². The highest BCUT2D eigenvalue weighted by Gasteiger charge is 2.21. The first-order chi connectivity index (χ1) is 10.0. The number of unbranched alkanes of at least 4 members (excludes halogenated alkanes) is 1. The Bertz CT molecular complexity index is 295. The van der Waals surface area contributed by atoms with Crippen LogP contribution in [-0.2, 0) is 9.53 Å². The van der Waals surface area contributed by atoms with Crippen LogP contribution in [0.5, 0.6) is 0 Å². The van der Waals surface area contributed by atoms with Gasteiger partial charge in [0, 0.05) is 19.6 Å². The van der Waals surface area contributed by atoms with Crippen molar-refractivity contribution in [3.05, 3.63) is 0 Å². The van der Waals surface area contributed by atoms with Crippen LogP contribution in [-0.4, -0.2) is 67.2 Å². The van der Waals surface area contributed by atoms with Gasteiger partial charge in [-0.1, -0.05) is 0 Å². The molecule has 0 spiro atoms. The second-order valence-corrected chi connectivity index (χ2v) is 6.89. The van der Waals surface area contributed by atoms with Crippen molar-refractivity contribution in [3.63, 3.8) is 0 Å². The third kappa shape index (κ3) is 8.04. The molecule has 1 rings (SSSR count). The Morgan fingerprint density at radius 1 is 1.38 bits per heavy atom. The maximum absolute atomic E-state index is 11.7. The Balaban J connectivity index is 2.05. The third-order valence-electron chi connectivity index (χ3n) is 3.67. The van der Waals surface area contributed by atoms with Crippen molar-refractivity contribution in [1.82, 2.24) is 10.2 Å². The lowest BCUT2D eigenvalue weighted by Gasteiger charge is -2.35. The molecule has 0 aromatic heterocycles. The van der Waals surface area contributed by atoms with E-state index >= 15 is 0 Å². The molecule has 0 aromatic rings. The average molecular weight is 317 g/mol. The predicted octanol–water partition coefficient (Wildman–Crippen LogP) is 1.07. The molecule has 1 aliphatic rings. The van der Waals surface area contributed by atoms with Crippen molar-refractivity contribution < 1.29 is 9.53 Å². The SMILES string of the molecule is CSCC[C@H](N)C(=O)NCCCCN1CC(C)OC(C)C1. The van der Waals surface area contributed by atoms with Crippen molar-refractivity contribution in [2.45, 2.75) is 51.4 Å². The summed E-state index contributed by atoms with van der Waals surface area (Å²) in [5, 5.41) is 2.93. The first-order valence-electron chi connectivity index (χ1n) is 7.93. The van der Waals surface area contributed by atoms with Crippen molar-refractivity contribution in [2.75, 3.05) is 38.2 Å². The molecular formula is C15H31N3O2S. The molecule has 0 bridgehead atoms. The quantitative estimate of drug-likeness (QED) is 0.623. The van der Waals surface area contributed by atoms with E-state index in [4.69, 9.17) is 10.5 Å². The van der Waals surface area contributed by atoms with Gasteiger partial charge in [0.1, 0.15) is 0 Å². The Morgan fingerprint density at radius 3 is 2.67 bits per heavy atom. The molecule has 0 saturated carbocycles. The smallest absolute Gasteiger partial charge is 0.236 e. The molecular weight excluding hydrogens is 286 g/mol. The molecule has 5 nitrogen and oxygen atoms in total. The zero-order valence-corrected chi connectivity index (χ0v) is 14.5. The number of hydrogen-bond donors (Lipinski definition) is 2. The van der Waals surface area contributed by atoms with E-state index in [1.165, 1.54) is 0 Å². The van der Waals surface area contributed by atoms with Crippen LogP contribution in [0.2, 0.25) is 0 Å². The normalized spacial score (nSPS) is 24.8. The number of ether oxygens (including phenoxy) is 1. The van der Waals surface area contributed by atoms with E-state index in [1.54, 1.807) is 11.8 Å². The monoisotopic (exact) mass is 317 g/mol. The van der Waals surface area contributed by atoms with E-state index in [0.29, 0.717) is 12.2 Å². The van der Waals surface area contributed by atoms with Crippen LogP contribution in [0, 0.1) is 0 Å². The molecule has 6 heteroatoms. The number of morpholine rings is 1. The molecule has 1 fully saturated rings. The lowest BCUT2D eigenvalue weighted by molar-refractivity contribution is -0.122. The Hall–Kier alpha value is -0.300. The van der Waals surface area contributed by atoms with E-state index in [2.05, 4.69) is 24.1 Å². The van der Waals surface area contributed by atoms with Crippen LogP contribution in [0.15, 0.2) is 0 Å². The lowest BCUT2D eigenvalue weighted by Crippen LogP contribution is -2.45. The van der Waals surface area contributed by atoms with Crippen LogP contribution < -0.4 is 11.1 Å². The molecule has 3 N–H and O–H groups in total. The summed E-state index contributed by atoms with van der Waals surface area (Å²) in [5.41, 5.74) is 5.82. The molecule has 0 radical (unpaired) electrons. The van der Waals surface area contributed by atoms with E-state index in [-0.39, 0.29) is 11.9 Å². The topological polar surface area (TPSA) is 67.6 Å². The number of nitrogens with zero attached hydrogens (tertiary/aromatic N) is 1. The van der Waals surface area contributed by atoms with Gasteiger partial charge in [0.15, 0.2) is 0 Å². The summed E-state index contributed by atoms with van der Waals surface area (Å²) in [5.74, 6) is 0.916. The van der Waals surface area contributed by atoms with Gasteiger partial charge in [0.05, 0.1) is 18.2 Å². The molecule has 1 amide bonds.